The lowest BCUT2D eigenvalue weighted by Gasteiger charge is -2.22. The van der Waals surface area contributed by atoms with Crippen LogP contribution in [0.1, 0.15) is 12.0 Å². The van der Waals surface area contributed by atoms with E-state index in [1.54, 1.807) is 12.1 Å². The molecule has 1 fully saturated rings. The van der Waals surface area contributed by atoms with Gasteiger partial charge in [-0.1, -0.05) is 12.1 Å². The number of benzene rings is 1. The van der Waals surface area contributed by atoms with Gasteiger partial charge in [-0.2, -0.15) is 0 Å². The number of likely N-dealkylation sites (tertiary alicyclic amines) is 1. The smallest absolute Gasteiger partial charge is 0.308 e. The van der Waals surface area contributed by atoms with Crippen molar-refractivity contribution in [3.05, 3.63) is 35.6 Å². The van der Waals surface area contributed by atoms with E-state index in [0.717, 1.165) is 12.1 Å². The number of halogens is 1. The molecule has 1 aliphatic heterocycles. The highest BCUT2D eigenvalue weighted by atomic mass is 19.1. The molecule has 0 saturated carbocycles. The Labute approximate surface area is 99.9 Å². The van der Waals surface area contributed by atoms with Gasteiger partial charge in [-0.15, -0.1) is 0 Å². The van der Waals surface area contributed by atoms with E-state index in [0.29, 0.717) is 12.8 Å². The Kier molecular flexibility index (Phi) is 3.43. The zero-order valence-electron chi connectivity index (χ0n) is 9.77. The first-order valence-corrected chi connectivity index (χ1v) is 5.75. The molecular formula is C13H16FNO2. The summed E-state index contributed by atoms with van der Waals surface area (Å²) >= 11 is 0. The predicted octanol–water partition coefficient (Wildman–Crippen LogP) is 1.77. The SMILES string of the molecule is CN1CCC(C(=O)O)C1Cc1ccc(F)cc1. The maximum atomic E-state index is 12.8. The zero-order valence-corrected chi connectivity index (χ0v) is 9.77. The predicted molar refractivity (Wildman–Crippen MR) is 62.3 cm³/mol. The van der Waals surface area contributed by atoms with Gasteiger partial charge in [0.25, 0.3) is 0 Å². The molecule has 1 N–H and O–H groups in total. The van der Waals surface area contributed by atoms with Gasteiger partial charge in [0.2, 0.25) is 0 Å². The van der Waals surface area contributed by atoms with E-state index in [-0.39, 0.29) is 17.8 Å². The van der Waals surface area contributed by atoms with Gasteiger partial charge in [-0.3, -0.25) is 4.79 Å². The fraction of sp³-hybridized carbons (Fsp3) is 0.462. The summed E-state index contributed by atoms with van der Waals surface area (Å²) in [6, 6.07) is 6.29. The van der Waals surface area contributed by atoms with Crippen molar-refractivity contribution in [1.82, 2.24) is 4.90 Å². The number of rotatable bonds is 3. The van der Waals surface area contributed by atoms with E-state index in [1.807, 2.05) is 7.05 Å². The van der Waals surface area contributed by atoms with Crippen molar-refractivity contribution in [2.75, 3.05) is 13.6 Å². The van der Waals surface area contributed by atoms with Crippen LogP contribution in [0.2, 0.25) is 0 Å². The average Bonchev–Trinajstić information content (AvgIpc) is 2.64. The van der Waals surface area contributed by atoms with Crippen molar-refractivity contribution in [1.29, 1.82) is 0 Å². The quantitative estimate of drug-likeness (QED) is 0.871. The first-order valence-electron chi connectivity index (χ1n) is 5.75. The molecule has 1 aromatic carbocycles. The molecule has 1 aromatic rings. The first kappa shape index (κ1) is 12.0. The van der Waals surface area contributed by atoms with Crippen LogP contribution < -0.4 is 0 Å². The second-order valence-corrected chi connectivity index (χ2v) is 4.61. The Morgan fingerprint density at radius 1 is 1.47 bits per heavy atom. The molecule has 1 aliphatic rings. The van der Waals surface area contributed by atoms with Crippen molar-refractivity contribution in [3.8, 4) is 0 Å². The van der Waals surface area contributed by atoms with Crippen LogP contribution in [0.15, 0.2) is 24.3 Å². The topological polar surface area (TPSA) is 40.5 Å². The molecule has 3 nitrogen and oxygen atoms in total. The molecule has 1 heterocycles. The fourth-order valence-electron chi connectivity index (χ4n) is 2.46. The minimum absolute atomic E-state index is 0.0120. The van der Waals surface area contributed by atoms with Crippen molar-refractivity contribution in [3.63, 3.8) is 0 Å². The fourth-order valence-corrected chi connectivity index (χ4v) is 2.46. The second kappa shape index (κ2) is 4.84. The monoisotopic (exact) mass is 237 g/mol. The first-order chi connectivity index (χ1) is 8.08. The van der Waals surface area contributed by atoms with Crippen LogP contribution in [0, 0.1) is 11.7 Å². The van der Waals surface area contributed by atoms with Crippen molar-refractivity contribution >= 4 is 5.97 Å². The van der Waals surface area contributed by atoms with Gasteiger partial charge in [0.05, 0.1) is 5.92 Å². The second-order valence-electron chi connectivity index (χ2n) is 4.61. The maximum absolute atomic E-state index is 12.8. The minimum Gasteiger partial charge on any atom is -0.481 e. The number of likely N-dealkylation sites (N-methyl/N-ethyl adjacent to an activating group) is 1. The summed E-state index contributed by atoms with van der Waals surface area (Å²) in [7, 11) is 1.94. The highest BCUT2D eigenvalue weighted by molar-refractivity contribution is 5.71. The van der Waals surface area contributed by atoms with Gasteiger partial charge in [0.1, 0.15) is 5.82 Å². The van der Waals surface area contributed by atoms with E-state index in [9.17, 15) is 9.18 Å². The largest absolute Gasteiger partial charge is 0.481 e. The van der Waals surface area contributed by atoms with Gasteiger partial charge < -0.3 is 10.0 Å². The number of hydrogen-bond acceptors (Lipinski definition) is 2. The third-order valence-electron chi connectivity index (χ3n) is 3.50. The van der Waals surface area contributed by atoms with Gasteiger partial charge in [0.15, 0.2) is 0 Å². The number of hydrogen-bond donors (Lipinski definition) is 1. The third kappa shape index (κ3) is 2.64. The zero-order chi connectivity index (χ0) is 12.4. The molecule has 2 atom stereocenters. The van der Waals surface area contributed by atoms with Crippen molar-refractivity contribution in [2.45, 2.75) is 18.9 Å². The van der Waals surface area contributed by atoms with Crippen molar-refractivity contribution in [2.24, 2.45) is 5.92 Å². The minimum atomic E-state index is -0.735. The molecule has 4 heteroatoms. The van der Waals surface area contributed by atoms with Gasteiger partial charge in [0, 0.05) is 6.04 Å². The van der Waals surface area contributed by atoms with E-state index in [4.69, 9.17) is 5.11 Å². The molecule has 0 amide bonds. The number of carboxylic acids is 1. The van der Waals surface area contributed by atoms with Crippen molar-refractivity contribution < 1.29 is 14.3 Å². The van der Waals surface area contributed by atoms with E-state index >= 15 is 0 Å². The Morgan fingerprint density at radius 3 is 2.71 bits per heavy atom. The highest BCUT2D eigenvalue weighted by Gasteiger charge is 2.36. The molecule has 0 radical (unpaired) electrons. The molecule has 1 saturated heterocycles. The Morgan fingerprint density at radius 2 is 2.12 bits per heavy atom. The number of aliphatic carboxylic acids is 1. The van der Waals surface area contributed by atoms with Crippen LogP contribution in [0.5, 0.6) is 0 Å². The van der Waals surface area contributed by atoms with Crippen LogP contribution in [0.4, 0.5) is 4.39 Å². The van der Waals surface area contributed by atoms with E-state index < -0.39 is 5.97 Å². The molecule has 0 aromatic heterocycles. The summed E-state index contributed by atoms with van der Waals surface area (Å²) in [5.74, 6) is -1.31. The highest BCUT2D eigenvalue weighted by Crippen LogP contribution is 2.26. The van der Waals surface area contributed by atoms with Gasteiger partial charge in [-0.05, 0) is 44.1 Å². The Hall–Kier alpha value is -1.42. The molecule has 2 unspecified atom stereocenters. The van der Waals surface area contributed by atoms with Crippen LogP contribution in [-0.4, -0.2) is 35.6 Å². The summed E-state index contributed by atoms with van der Waals surface area (Å²) < 4.78 is 12.8. The normalized spacial score (nSPS) is 25.1. The van der Waals surface area contributed by atoms with Crippen LogP contribution in [0.3, 0.4) is 0 Å². The van der Waals surface area contributed by atoms with E-state index in [1.165, 1.54) is 12.1 Å². The lowest BCUT2D eigenvalue weighted by atomic mass is 9.94. The molecule has 0 aliphatic carbocycles. The molecular weight excluding hydrogens is 221 g/mol. The van der Waals surface area contributed by atoms with Crippen LogP contribution >= 0.6 is 0 Å². The van der Waals surface area contributed by atoms with Gasteiger partial charge >= 0.3 is 5.97 Å². The Bertz CT molecular complexity index is 404. The molecule has 0 bridgehead atoms. The summed E-state index contributed by atoms with van der Waals surface area (Å²) in [6.07, 6.45) is 1.35. The third-order valence-corrected chi connectivity index (χ3v) is 3.50. The molecule has 2 rings (SSSR count). The number of carbonyl (C=O) groups is 1. The molecule has 92 valence electrons. The lowest BCUT2D eigenvalue weighted by Crippen LogP contribution is -2.34. The van der Waals surface area contributed by atoms with E-state index in [2.05, 4.69) is 4.90 Å². The maximum Gasteiger partial charge on any atom is 0.308 e. The Balaban J connectivity index is 2.10. The molecule has 17 heavy (non-hydrogen) atoms. The summed E-state index contributed by atoms with van der Waals surface area (Å²) in [5, 5.41) is 9.14. The number of carboxylic acid groups (broad SMARTS) is 1. The average molecular weight is 237 g/mol. The summed E-state index contributed by atoms with van der Waals surface area (Å²) in [5.41, 5.74) is 0.983. The number of nitrogens with zero attached hydrogens (tertiary/aromatic N) is 1. The van der Waals surface area contributed by atoms with Crippen LogP contribution in [-0.2, 0) is 11.2 Å². The summed E-state index contributed by atoms with van der Waals surface area (Å²) in [6.45, 7) is 0.808. The standard InChI is InChI=1S/C13H16FNO2/c1-15-7-6-11(13(16)17)12(15)8-9-2-4-10(14)5-3-9/h2-5,11-12H,6-8H2,1H3,(H,16,17). The molecule has 0 spiro atoms. The lowest BCUT2D eigenvalue weighted by molar-refractivity contribution is -0.142. The van der Waals surface area contributed by atoms with Crippen LogP contribution in [0.25, 0.3) is 0 Å². The summed E-state index contributed by atoms with van der Waals surface area (Å²) in [4.78, 5) is 13.2. The van der Waals surface area contributed by atoms with Gasteiger partial charge in [-0.25, -0.2) is 4.39 Å².